The molecule has 2 heterocycles. The van der Waals surface area contributed by atoms with Crippen LogP contribution in [0.3, 0.4) is 0 Å². The molecule has 6 N–H and O–H groups in total. The molecule has 0 aliphatic heterocycles. The van der Waals surface area contributed by atoms with Crippen molar-refractivity contribution in [1.29, 1.82) is 0 Å². The molecular formula is C34H28N4. The summed E-state index contributed by atoms with van der Waals surface area (Å²) in [5.74, 6) is 0. The predicted molar refractivity (Wildman–Crippen MR) is 160 cm³/mol. The molecule has 1 aliphatic rings. The lowest BCUT2D eigenvalue weighted by Gasteiger charge is -2.34. The van der Waals surface area contributed by atoms with Crippen molar-refractivity contribution >= 4 is 33.2 Å². The number of benzene rings is 4. The maximum absolute atomic E-state index is 6.54. The first-order valence-corrected chi connectivity index (χ1v) is 12.9. The number of nitrogens with two attached hydrogens (primary N) is 2. The van der Waals surface area contributed by atoms with Crippen LogP contribution >= 0.6 is 0 Å². The van der Waals surface area contributed by atoms with E-state index < -0.39 is 0 Å². The number of nitrogen functional groups attached to an aromatic ring is 2. The Labute approximate surface area is 221 Å². The Morgan fingerprint density at radius 1 is 0.579 bits per heavy atom. The molecule has 4 nitrogen and oxygen atoms in total. The minimum Gasteiger partial charge on any atom is -0.398 e. The number of anilines is 2. The van der Waals surface area contributed by atoms with Gasteiger partial charge in [-0.2, -0.15) is 0 Å². The van der Waals surface area contributed by atoms with E-state index in [-0.39, 0.29) is 5.41 Å². The molecule has 0 fully saturated rings. The number of aromatic nitrogens is 2. The van der Waals surface area contributed by atoms with Gasteiger partial charge in [-0.1, -0.05) is 72.8 Å². The molecule has 38 heavy (non-hydrogen) atoms. The third-order valence-corrected chi connectivity index (χ3v) is 7.84. The number of aromatic amines is 2. The molecule has 0 radical (unpaired) electrons. The van der Waals surface area contributed by atoms with Gasteiger partial charge >= 0.3 is 0 Å². The van der Waals surface area contributed by atoms with Gasteiger partial charge in [0.25, 0.3) is 0 Å². The second kappa shape index (κ2) is 8.56. The number of para-hydroxylation sites is 2. The Kier molecular flexibility index (Phi) is 5.02. The molecule has 0 spiro atoms. The molecule has 4 heteroatoms. The lowest BCUT2D eigenvalue weighted by atomic mass is 9.69. The molecule has 0 atom stereocenters. The fourth-order valence-electron chi connectivity index (χ4n) is 5.79. The Morgan fingerprint density at radius 3 is 1.58 bits per heavy atom. The normalized spacial score (nSPS) is 14.4. The summed E-state index contributed by atoms with van der Waals surface area (Å²) >= 11 is 0. The zero-order valence-corrected chi connectivity index (χ0v) is 20.9. The van der Waals surface area contributed by atoms with Crippen molar-refractivity contribution in [1.82, 2.24) is 9.97 Å². The highest BCUT2D eigenvalue weighted by Crippen LogP contribution is 2.44. The van der Waals surface area contributed by atoms with Crippen LogP contribution in [0.4, 0.5) is 11.4 Å². The van der Waals surface area contributed by atoms with Gasteiger partial charge in [0.2, 0.25) is 0 Å². The van der Waals surface area contributed by atoms with E-state index in [1.165, 1.54) is 21.9 Å². The van der Waals surface area contributed by atoms with Crippen LogP contribution in [0.25, 0.3) is 44.3 Å². The van der Waals surface area contributed by atoms with Crippen molar-refractivity contribution in [2.75, 3.05) is 11.5 Å². The van der Waals surface area contributed by atoms with Gasteiger partial charge in [-0.25, -0.2) is 0 Å². The highest BCUT2D eigenvalue weighted by molar-refractivity contribution is 5.90. The van der Waals surface area contributed by atoms with Crippen molar-refractivity contribution < 1.29 is 0 Å². The number of hydrogen-bond acceptors (Lipinski definition) is 2. The summed E-state index contributed by atoms with van der Waals surface area (Å²) < 4.78 is 0. The van der Waals surface area contributed by atoms with Crippen molar-refractivity contribution in [2.45, 2.75) is 11.8 Å². The molecule has 6 aromatic rings. The van der Waals surface area contributed by atoms with Gasteiger partial charge in [0, 0.05) is 61.1 Å². The van der Waals surface area contributed by atoms with E-state index in [1.54, 1.807) is 0 Å². The van der Waals surface area contributed by atoms with Crippen molar-refractivity contribution in [3.8, 4) is 22.5 Å². The highest BCUT2D eigenvalue weighted by atomic mass is 14.7. The quantitative estimate of drug-likeness (QED) is 0.188. The smallest absolute Gasteiger partial charge is 0.0485 e. The lowest BCUT2D eigenvalue weighted by molar-refractivity contribution is 0.648. The van der Waals surface area contributed by atoms with Gasteiger partial charge < -0.3 is 21.4 Å². The number of H-pyrrole nitrogens is 2. The number of fused-ring (bicyclic) bond motifs is 2. The molecular weight excluding hydrogens is 464 g/mol. The minimum absolute atomic E-state index is 0.350. The highest BCUT2D eigenvalue weighted by Gasteiger charge is 2.33. The Hall–Kier alpha value is -4.96. The second-order valence-electron chi connectivity index (χ2n) is 10.1. The monoisotopic (exact) mass is 492 g/mol. The van der Waals surface area contributed by atoms with E-state index in [4.69, 9.17) is 11.5 Å². The first-order valence-electron chi connectivity index (χ1n) is 12.9. The van der Waals surface area contributed by atoms with Crippen LogP contribution < -0.4 is 11.5 Å². The summed E-state index contributed by atoms with van der Waals surface area (Å²) in [5.41, 5.74) is 22.9. The molecule has 0 amide bonds. The van der Waals surface area contributed by atoms with Gasteiger partial charge in [-0.3, -0.25) is 0 Å². The number of nitrogens with one attached hydrogen (secondary N) is 2. The van der Waals surface area contributed by atoms with Crippen LogP contribution in [0.15, 0.2) is 121 Å². The first kappa shape index (κ1) is 22.3. The summed E-state index contributed by atoms with van der Waals surface area (Å²) in [6.07, 6.45) is 9.63. The third-order valence-electron chi connectivity index (χ3n) is 7.84. The average Bonchev–Trinajstić information content (AvgIpc) is 3.58. The summed E-state index contributed by atoms with van der Waals surface area (Å²) in [4.78, 5) is 7.11. The number of allylic oxidation sites excluding steroid dienone is 4. The van der Waals surface area contributed by atoms with Gasteiger partial charge in [-0.05, 0) is 66.1 Å². The van der Waals surface area contributed by atoms with Crippen LogP contribution in [0.1, 0.15) is 17.5 Å². The standard InChI is InChI=1S/C34H28N4/c35-28-14-12-24(20-26(28)32-18-22-8-2-4-10-30(22)37-32)34(16-6-1-7-17-34)25-13-15-29(36)27(21-25)33-19-23-9-3-5-11-31(23)38-33/h1-16,18-21,37-38H,17,35-36H2. The predicted octanol–water partition coefficient (Wildman–Crippen LogP) is 7.95. The summed E-state index contributed by atoms with van der Waals surface area (Å²) in [7, 11) is 0. The fourth-order valence-corrected chi connectivity index (χ4v) is 5.79. The second-order valence-corrected chi connectivity index (χ2v) is 10.1. The van der Waals surface area contributed by atoms with Crippen LogP contribution in [0, 0.1) is 0 Å². The van der Waals surface area contributed by atoms with Gasteiger partial charge in [0.1, 0.15) is 0 Å². The van der Waals surface area contributed by atoms with Crippen LogP contribution in [0.5, 0.6) is 0 Å². The first-order chi connectivity index (χ1) is 18.6. The molecule has 0 saturated carbocycles. The molecule has 0 saturated heterocycles. The average molecular weight is 493 g/mol. The molecule has 2 aromatic heterocycles. The number of rotatable bonds is 4. The summed E-state index contributed by atoms with van der Waals surface area (Å²) in [6.45, 7) is 0. The van der Waals surface area contributed by atoms with E-state index in [0.29, 0.717) is 0 Å². The molecule has 184 valence electrons. The van der Waals surface area contributed by atoms with E-state index in [1.807, 2.05) is 24.3 Å². The van der Waals surface area contributed by atoms with Crippen LogP contribution in [-0.2, 0) is 5.41 Å². The van der Waals surface area contributed by atoms with Crippen molar-refractivity contribution in [3.63, 3.8) is 0 Å². The lowest BCUT2D eigenvalue weighted by Crippen LogP contribution is -2.26. The van der Waals surface area contributed by atoms with Crippen LogP contribution in [0.2, 0.25) is 0 Å². The molecule has 7 rings (SSSR count). The summed E-state index contributed by atoms with van der Waals surface area (Å²) in [5, 5.41) is 2.34. The Bertz CT molecular complexity index is 1690. The van der Waals surface area contributed by atoms with Crippen molar-refractivity contribution in [3.05, 3.63) is 132 Å². The maximum Gasteiger partial charge on any atom is 0.0485 e. The van der Waals surface area contributed by atoms with Gasteiger partial charge in [-0.15, -0.1) is 0 Å². The van der Waals surface area contributed by atoms with Gasteiger partial charge in [0.05, 0.1) is 0 Å². The molecule has 0 unspecified atom stereocenters. The van der Waals surface area contributed by atoms with E-state index in [2.05, 4.69) is 107 Å². The van der Waals surface area contributed by atoms with Gasteiger partial charge in [0.15, 0.2) is 0 Å². The Morgan fingerprint density at radius 2 is 1.11 bits per heavy atom. The molecule has 4 aromatic carbocycles. The van der Waals surface area contributed by atoms with Crippen LogP contribution in [-0.4, -0.2) is 9.97 Å². The SMILES string of the molecule is Nc1ccc(C2(c3ccc(N)c(-c4cc5ccccc5[nH]4)c3)C=CC=CC2)cc1-c1cc2ccccc2[nH]1. The van der Waals surface area contributed by atoms with E-state index >= 15 is 0 Å². The largest absolute Gasteiger partial charge is 0.398 e. The maximum atomic E-state index is 6.54. The van der Waals surface area contributed by atoms with Crippen molar-refractivity contribution in [2.24, 2.45) is 0 Å². The fraction of sp³-hybridized carbons (Fsp3) is 0.0588. The van der Waals surface area contributed by atoms with E-state index in [0.717, 1.165) is 51.3 Å². The third kappa shape index (κ3) is 3.53. The molecule has 0 bridgehead atoms. The zero-order chi connectivity index (χ0) is 25.7. The Balaban J connectivity index is 1.39. The number of hydrogen-bond donors (Lipinski definition) is 4. The minimum atomic E-state index is -0.350. The topological polar surface area (TPSA) is 83.6 Å². The molecule has 1 aliphatic carbocycles. The summed E-state index contributed by atoms with van der Waals surface area (Å²) in [6, 6.07) is 33.8. The zero-order valence-electron chi connectivity index (χ0n) is 20.9. The van der Waals surface area contributed by atoms with E-state index in [9.17, 15) is 0 Å².